The van der Waals surface area contributed by atoms with Gasteiger partial charge in [0.1, 0.15) is 5.75 Å². The second-order valence-corrected chi connectivity index (χ2v) is 4.42. The molecule has 19 heavy (non-hydrogen) atoms. The van der Waals surface area contributed by atoms with Crippen molar-refractivity contribution in [3.05, 3.63) is 71.2 Å². The Morgan fingerprint density at radius 1 is 1.00 bits per heavy atom. The SMILES string of the molecule is C/C(=C\Br)C(=Nc1ccccc1)Oc1ccccc1. The predicted molar refractivity (Wildman–Crippen MR) is 83.3 cm³/mol. The predicted octanol–water partition coefficient (Wildman–Crippen LogP) is 5.09. The molecule has 0 spiro atoms. The van der Waals surface area contributed by atoms with Crippen LogP contribution in [0.1, 0.15) is 6.92 Å². The van der Waals surface area contributed by atoms with Gasteiger partial charge < -0.3 is 4.74 Å². The van der Waals surface area contributed by atoms with Crippen molar-refractivity contribution < 1.29 is 4.74 Å². The van der Waals surface area contributed by atoms with E-state index in [1.807, 2.05) is 67.6 Å². The van der Waals surface area contributed by atoms with Gasteiger partial charge in [0.15, 0.2) is 0 Å². The average molecular weight is 316 g/mol. The summed E-state index contributed by atoms with van der Waals surface area (Å²) in [4.78, 5) is 6.32. The first-order valence-electron chi connectivity index (χ1n) is 5.93. The molecule has 0 bridgehead atoms. The van der Waals surface area contributed by atoms with Crippen LogP contribution < -0.4 is 4.74 Å². The normalized spacial score (nSPS) is 12.3. The third-order valence-electron chi connectivity index (χ3n) is 2.45. The number of benzene rings is 2. The van der Waals surface area contributed by atoms with Gasteiger partial charge in [-0.1, -0.05) is 52.3 Å². The van der Waals surface area contributed by atoms with Gasteiger partial charge >= 0.3 is 0 Å². The third kappa shape index (κ3) is 4.07. The number of rotatable bonds is 3. The van der Waals surface area contributed by atoms with Crippen molar-refractivity contribution in [2.75, 3.05) is 0 Å². The number of aliphatic imine (C=N–C) groups is 1. The Balaban J connectivity index is 2.30. The first kappa shape index (κ1) is 13.6. The van der Waals surface area contributed by atoms with E-state index >= 15 is 0 Å². The fourth-order valence-corrected chi connectivity index (χ4v) is 1.65. The van der Waals surface area contributed by atoms with Crippen molar-refractivity contribution >= 4 is 27.5 Å². The summed E-state index contributed by atoms with van der Waals surface area (Å²) in [5, 5.41) is 0. The highest BCUT2D eigenvalue weighted by Crippen LogP contribution is 2.17. The lowest BCUT2D eigenvalue weighted by Gasteiger charge is -2.09. The smallest absolute Gasteiger partial charge is 0.223 e. The van der Waals surface area contributed by atoms with Crippen LogP contribution in [0.2, 0.25) is 0 Å². The molecule has 2 aromatic rings. The molecule has 0 saturated carbocycles. The number of halogens is 1. The van der Waals surface area contributed by atoms with E-state index in [9.17, 15) is 0 Å². The van der Waals surface area contributed by atoms with Crippen molar-refractivity contribution in [3.63, 3.8) is 0 Å². The van der Waals surface area contributed by atoms with E-state index in [-0.39, 0.29) is 0 Å². The lowest BCUT2D eigenvalue weighted by atomic mass is 10.3. The average Bonchev–Trinajstić information content (AvgIpc) is 2.48. The van der Waals surface area contributed by atoms with Gasteiger partial charge in [-0.3, -0.25) is 0 Å². The maximum absolute atomic E-state index is 5.82. The number of hydrogen-bond acceptors (Lipinski definition) is 2. The van der Waals surface area contributed by atoms with Gasteiger partial charge in [0.25, 0.3) is 0 Å². The van der Waals surface area contributed by atoms with Crippen molar-refractivity contribution in [3.8, 4) is 5.75 Å². The maximum atomic E-state index is 5.82. The van der Waals surface area contributed by atoms with Crippen molar-refractivity contribution in [2.45, 2.75) is 6.92 Å². The van der Waals surface area contributed by atoms with Gasteiger partial charge in [0.2, 0.25) is 5.90 Å². The van der Waals surface area contributed by atoms with Crippen LogP contribution in [-0.2, 0) is 0 Å². The van der Waals surface area contributed by atoms with Crippen LogP contribution in [0.25, 0.3) is 0 Å². The standard InChI is InChI=1S/C16H14BrNO/c1-13(12-17)16(18-14-8-4-2-5-9-14)19-15-10-6-3-7-11-15/h2-12H,1H3/b13-12+,18-16?. The molecule has 0 N–H and O–H groups in total. The molecule has 96 valence electrons. The van der Waals surface area contributed by atoms with E-state index in [0.717, 1.165) is 17.0 Å². The van der Waals surface area contributed by atoms with E-state index in [1.165, 1.54) is 0 Å². The molecule has 0 aliphatic rings. The number of ether oxygens (including phenoxy) is 1. The van der Waals surface area contributed by atoms with Gasteiger partial charge in [-0.15, -0.1) is 0 Å². The molecular formula is C16H14BrNO. The van der Waals surface area contributed by atoms with Crippen molar-refractivity contribution in [1.82, 2.24) is 0 Å². The monoisotopic (exact) mass is 315 g/mol. The van der Waals surface area contributed by atoms with Crippen LogP contribution in [0.3, 0.4) is 0 Å². The number of para-hydroxylation sites is 2. The Morgan fingerprint density at radius 2 is 1.58 bits per heavy atom. The van der Waals surface area contributed by atoms with E-state index in [1.54, 1.807) is 4.99 Å². The minimum absolute atomic E-state index is 0.578. The summed E-state index contributed by atoms with van der Waals surface area (Å²) in [7, 11) is 0. The summed E-state index contributed by atoms with van der Waals surface area (Å²) in [6, 6.07) is 19.4. The largest absolute Gasteiger partial charge is 0.439 e. The van der Waals surface area contributed by atoms with Crippen LogP contribution in [0.5, 0.6) is 5.75 Å². The van der Waals surface area contributed by atoms with E-state index in [2.05, 4.69) is 20.9 Å². The van der Waals surface area contributed by atoms with Gasteiger partial charge in [-0.25, -0.2) is 4.99 Å². The molecule has 3 heteroatoms. The van der Waals surface area contributed by atoms with Gasteiger partial charge in [0, 0.05) is 5.57 Å². The maximum Gasteiger partial charge on any atom is 0.223 e. The van der Waals surface area contributed by atoms with Crippen LogP contribution in [0, 0.1) is 0 Å². The fourth-order valence-electron chi connectivity index (χ4n) is 1.46. The summed E-state index contributed by atoms with van der Waals surface area (Å²) in [6.45, 7) is 1.94. The molecule has 2 aromatic carbocycles. The van der Waals surface area contributed by atoms with Gasteiger partial charge in [0.05, 0.1) is 5.69 Å². The molecule has 0 unspecified atom stereocenters. The van der Waals surface area contributed by atoms with Gasteiger partial charge in [-0.2, -0.15) is 0 Å². The Bertz CT molecular complexity index is 576. The second-order valence-electron chi connectivity index (χ2n) is 3.96. The Labute approximate surface area is 121 Å². The molecule has 0 heterocycles. The summed E-state index contributed by atoms with van der Waals surface area (Å²) in [5.74, 6) is 1.35. The fraction of sp³-hybridized carbons (Fsp3) is 0.0625. The lowest BCUT2D eigenvalue weighted by Crippen LogP contribution is -2.09. The quantitative estimate of drug-likeness (QED) is 0.570. The molecule has 0 amide bonds. The molecule has 0 fully saturated rings. The summed E-state index contributed by atoms with van der Waals surface area (Å²) in [5.41, 5.74) is 1.79. The van der Waals surface area contributed by atoms with E-state index < -0.39 is 0 Å². The zero-order valence-electron chi connectivity index (χ0n) is 10.6. The zero-order valence-corrected chi connectivity index (χ0v) is 12.2. The van der Waals surface area contributed by atoms with Crippen LogP contribution in [-0.4, -0.2) is 5.90 Å². The molecule has 2 rings (SSSR count). The van der Waals surface area contributed by atoms with Crippen molar-refractivity contribution in [2.24, 2.45) is 4.99 Å². The van der Waals surface area contributed by atoms with Gasteiger partial charge in [-0.05, 0) is 36.2 Å². The highest BCUT2D eigenvalue weighted by Gasteiger charge is 2.05. The summed E-state index contributed by atoms with van der Waals surface area (Å²) in [6.07, 6.45) is 0. The van der Waals surface area contributed by atoms with Crippen LogP contribution in [0.4, 0.5) is 5.69 Å². The zero-order chi connectivity index (χ0) is 13.5. The minimum Gasteiger partial charge on any atom is -0.439 e. The second kappa shape index (κ2) is 6.90. The van der Waals surface area contributed by atoms with E-state index in [4.69, 9.17) is 4.74 Å². The Kier molecular flexibility index (Phi) is 4.93. The topological polar surface area (TPSA) is 21.6 Å². The number of nitrogens with zero attached hydrogens (tertiary/aromatic N) is 1. The molecule has 0 radical (unpaired) electrons. The summed E-state index contributed by atoms with van der Waals surface area (Å²) >= 11 is 3.32. The molecule has 0 atom stereocenters. The molecular weight excluding hydrogens is 302 g/mol. The molecule has 0 aromatic heterocycles. The molecule has 0 aliphatic heterocycles. The first-order chi connectivity index (χ1) is 9.29. The minimum atomic E-state index is 0.578. The van der Waals surface area contributed by atoms with E-state index in [0.29, 0.717) is 5.90 Å². The Morgan fingerprint density at radius 3 is 2.16 bits per heavy atom. The molecule has 0 aliphatic carbocycles. The highest BCUT2D eigenvalue weighted by atomic mass is 79.9. The lowest BCUT2D eigenvalue weighted by molar-refractivity contribution is 0.551. The first-order valence-corrected chi connectivity index (χ1v) is 6.85. The number of hydrogen-bond donors (Lipinski definition) is 0. The van der Waals surface area contributed by atoms with Crippen molar-refractivity contribution in [1.29, 1.82) is 0 Å². The Hall–Kier alpha value is -1.87. The molecule has 0 saturated heterocycles. The summed E-state index contributed by atoms with van der Waals surface area (Å²) < 4.78 is 5.82. The highest BCUT2D eigenvalue weighted by molar-refractivity contribution is 9.11. The third-order valence-corrected chi connectivity index (χ3v) is 3.13. The van der Waals surface area contributed by atoms with Crippen LogP contribution >= 0.6 is 15.9 Å². The molecule has 2 nitrogen and oxygen atoms in total. The van der Waals surface area contributed by atoms with Crippen LogP contribution in [0.15, 0.2) is 76.2 Å².